The molecular formula is C15H26N4O. The van der Waals surface area contributed by atoms with Crippen molar-refractivity contribution < 1.29 is 4.79 Å². The van der Waals surface area contributed by atoms with Crippen LogP contribution in [0.15, 0.2) is 12.4 Å². The van der Waals surface area contributed by atoms with Gasteiger partial charge in [0.2, 0.25) is 5.91 Å². The van der Waals surface area contributed by atoms with E-state index in [9.17, 15) is 4.79 Å². The second-order valence-corrected chi connectivity index (χ2v) is 6.10. The van der Waals surface area contributed by atoms with Gasteiger partial charge in [0.05, 0.1) is 6.20 Å². The van der Waals surface area contributed by atoms with Crippen LogP contribution in [0.1, 0.15) is 25.8 Å². The standard InChI is InChI=1S/C15H26N4O/c1-13(2)11-18-6-8-19(9-7-18)15(20)5-4-14-10-16-17(3)12-14/h10,12-13H,4-9,11H2,1-3H3. The van der Waals surface area contributed by atoms with Gasteiger partial charge in [-0.25, -0.2) is 0 Å². The predicted octanol–water partition coefficient (Wildman–Crippen LogP) is 1.15. The average molecular weight is 278 g/mol. The van der Waals surface area contributed by atoms with Gasteiger partial charge in [0.25, 0.3) is 0 Å². The highest BCUT2D eigenvalue weighted by atomic mass is 16.2. The summed E-state index contributed by atoms with van der Waals surface area (Å²) in [6.07, 6.45) is 5.20. The fraction of sp³-hybridized carbons (Fsp3) is 0.733. The lowest BCUT2D eigenvalue weighted by atomic mass is 10.1. The van der Waals surface area contributed by atoms with Gasteiger partial charge in [-0.15, -0.1) is 0 Å². The van der Waals surface area contributed by atoms with E-state index >= 15 is 0 Å². The molecule has 1 aromatic heterocycles. The monoisotopic (exact) mass is 278 g/mol. The van der Waals surface area contributed by atoms with Crippen LogP contribution in [0.3, 0.4) is 0 Å². The molecule has 1 aliphatic rings. The zero-order valence-corrected chi connectivity index (χ0v) is 12.9. The molecule has 0 radical (unpaired) electrons. The van der Waals surface area contributed by atoms with Crippen LogP contribution in [0.4, 0.5) is 0 Å². The highest BCUT2D eigenvalue weighted by Gasteiger charge is 2.21. The summed E-state index contributed by atoms with van der Waals surface area (Å²) in [5.41, 5.74) is 1.14. The summed E-state index contributed by atoms with van der Waals surface area (Å²) >= 11 is 0. The van der Waals surface area contributed by atoms with E-state index in [1.165, 1.54) is 0 Å². The van der Waals surface area contributed by atoms with Gasteiger partial charge in [0.15, 0.2) is 0 Å². The van der Waals surface area contributed by atoms with Crippen LogP contribution in [-0.4, -0.2) is 58.2 Å². The molecular weight excluding hydrogens is 252 g/mol. The molecule has 20 heavy (non-hydrogen) atoms. The van der Waals surface area contributed by atoms with Crippen LogP contribution >= 0.6 is 0 Å². The number of hydrogen-bond acceptors (Lipinski definition) is 3. The molecule has 0 aliphatic carbocycles. The zero-order chi connectivity index (χ0) is 14.5. The van der Waals surface area contributed by atoms with Gasteiger partial charge in [0.1, 0.15) is 0 Å². The van der Waals surface area contributed by atoms with Crippen molar-refractivity contribution in [1.29, 1.82) is 0 Å². The fourth-order valence-corrected chi connectivity index (χ4v) is 2.71. The first-order valence-corrected chi connectivity index (χ1v) is 7.52. The lowest BCUT2D eigenvalue weighted by Gasteiger charge is -2.35. The number of nitrogens with zero attached hydrogens (tertiary/aromatic N) is 4. The van der Waals surface area contributed by atoms with E-state index in [-0.39, 0.29) is 5.91 Å². The minimum atomic E-state index is 0.276. The molecule has 0 bridgehead atoms. The molecule has 0 unspecified atom stereocenters. The van der Waals surface area contributed by atoms with E-state index in [1.54, 1.807) is 4.68 Å². The largest absolute Gasteiger partial charge is 0.340 e. The van der Waals surface area contributed by atoms with Crippen molar-refractivity contribution in [3.63, 3.8) is 0 Å². The Kier molecular flexibility index (Phi) is 5.17. The lowest BCUT2D eigenvalue weighted by Crippen LogP contribution is -2.49. The average Bonchev–Trinajstić information content (AvgIpc) is 2.82. The second-order valence-electron chi connectivity index (χ2n) is 6.10. The molecule has 1 fully saturated rings. The Morgan fingerprint density at radius 1 is 1.30 bits per heavy atom. The topological polar surface area (TPSA) is 41.4 Å². The Bertz CT molecular complexity index is 433. The first-order valence-electron chi connectivity index (χ1n) is 7.52. The van der Waals surface area contributed by atoms with Crippen molar-refractivity contribution in [1.82, 2.24) is 19.6 Å². The molecule has 1 saturated heterocycles. The number of amides is 1. The number of aryl methyl sites for hydroxylation is 2. The van der Waals surface area contributed by atoms with E-state index in [4.69, 9.17) is 0 Å². The van der Waals surface area contributed by atoms with Crippen LogP contribution < -0.4 is 0 Å². The number of aromatic nitrogens is 2. The van der Waals surface area contributed by atoms with Gasteiger partial charge >= 0.3 is 0 Å². The van der Waals surface area contributed by atoms with Gasteiger partial charge in [0, 0.05) is 52.4 Å². The van der Waals surface area contributed by atoms with Gasteiger partial charge in [-0.05, 0) is 17.9 Å². The molecule has 0 spiro atoms. The minimum Gasteiger partial charge on any atom is -0.340 e. The molecule has 0 atom stereocenters. The predicted molar refractivity (Wildman–Crippen MR) is 79.4 cm³/mol. The molecule has 1 amide bonds. The van der Waals surface area contributed by atoms with Crippen molar-refractivity contribution in [3.8, 4) is 0 Å². The fourth-order valence-electron chi connectivity index (χ4n) is 2.71. The van der Waals surface area contributed by atoms with Gasteiger partial charge in [-0.3, -0.25) is 14.4 Å². The van der Waals surface area contributed by atoms with Gasteiger partial charge in [-0.2, -0.15) is 5.10 Å². The quantitative estimate of drug-likeness (QED) is 0.811. The van der Waals surface area contributed by atoms with Crippen molar-refractivity contribution in [2.24, 2.45) is 13.0 Å². The molecule has 1 aromatic rings. The summed E-state index contributed by atoms with van der Waals surface area (Å²) in [6, 6.07) is 0. The Hall–Kier alpha value is -1.36. The van der Waals surface area contributed by atoms with Crippen molar-refractivity contribution in [2.45, 2.75) is 26.7 Å². The van der Waals surface area contributed by atoms with Crippen LogP contribution in [0.2, 0.25) is 0 Å². The molecule has 1 aliphatic heterocycles. The Labute approximate surface area is 121 Å². The van der Waals surface area contributed by atoms with E-state index in [0.717, 1.165) is 44.7 Å². The first kappa shape index (κ1) is 15.0. The zero-order valence-electron chi connectivity index (χ0n) is 12.9. The van der Waals surface area contributed by atoms with E-state index < -0.39 is 0 Å². The number of hydrogen-bond donors (Lipinski definition) is 0. The summed E-state index contributed by atoms with van der Waals surface area (Å²) in [7, 11) is 1.90. The molecule has 0 aromatic carbocycles. The van der Waals surface area contributed by atoms with Crippen LogP contribution in [-0.2, 0) is 18.3 Å². The molecule has 0 N–H and O–H groups in total. The van der Waals surface area contributed by atoms with E-state index in [0.29, 0.717) is 12.3 Å². The van der Waals surface area contributed by atoms with Crippen molar-refractivity contribution in [2.75, 3.05) is 32.7 Å². The minimum absolute atomic E-state index is 0.276. The number of rotatable bonds is 5. The maximum absolute atomic E-state index is 12.2. The van der Waals surface area contributed by atoms with Gasteiger partial charge in [-0.1, -0.05) is 13.8 Å². The third kappa shape index (κ3) is 4.34. The van der Waals surface area contributed by atoms with Crippen LogP contribution in [0, 0.1) is 5.92 Å². The number of piperazine rings is 1. The number of carbonyl (C=O) groups excluding carboxylic acids is 1. The summed E-state index contributed by atoms with van der Waals surface area (Å²) in [5.74, 6) is 0.973. The van der Waals surface area contributed by atoms with Crippen molar-refractivity contribution >= 4 is 5.91 Å². The molecule has 2 heterocycles. The third-order valence-electron chi connectivity index (χ3n) is 3.73. The Morgan fingerprint density at radius 3 is 2.55 bits per heavy atom. The number of carbonyl (C=O) groups is 1. The summed E-state index contributed by atoms with van der Waals surface area (Å²) in [5, 5.41) is 4.13. The van der Waals surface area contributed by atoms with Crippen LogP contribution in [0.5, 0.6) is 0 Å². The highest BCUT2D eigenvalue weighted by Crippen LogP contribution is 2.08. The molecule has 2 rings (SSSR count). The molecule has 112 valence electrons. The maximum atomic E-state index is 12.2. The van der Waals surface area contributed by atoms with Crippen molar-refractivity contribution in [3.05, 3.63) is 18.0 Å². The molecule has 5 heteroatoms. The summed E-state index contributed by atoms with van der Waals surface area (Å²) < 4.78 is 1.78. The second kappa shape index (κ2) is 6.88. The van der Waals surface area contributed by atoms with Gasteiger partial charge < -0.3 is 4.90 Å². The summed E-state index contributed by atoms with van der Waals surface area (Å²) in [4.78, 5) is 16.6. The smallest absolute Gasteiger partial charge is 0.222 e. The molecule has 0 saturated carbocycles. The van der Waals surface area contributed by atoms with E-state index in [2.05, 4.69) is 23.8 Å². The maximum Gasteiger partial charge on any atom is 0.222 e. The Morgan fingerprint density at radius 2 is 2.00 bits per heavy atom. The van der Waals surface area contributed by atoms with Crippen LogP contribution in [0.25, 0.3) is 0 Å². The SMILES string of the molecule is CC(C)CN1CCN(C(=O)CCc2cnn(C)c2)CC1. The Balaban J connectivity index is 1.72. The highest BCUT2D eigenvalue weighted by molar-refractivity contribution is 5.76. The molecule has 5 nitrogen and oxygen atoms in total. The normalized spacial score (nSPS) is 16.9. The van der Waals surface area contributed by atoms with E-state index in [1.807, 2.05) is 24.3 Å². The third-order valence-corrected chi connectivity index (χ3v) is 3.73. The summed E-state index contributed by atoms with van der Waals surface area (Å²) in [6.45, 7) is 9.39. The lowest BCUT2D eigenvalue weighted by molar-refractivity contribution is -0.132. The first-order chi connectivity index (χ1) is 9.54.